The fraction of sp³-hybridized carbons (Fsp3) is 0.786. The lowest BCUT2D eigenvalue weighted by Crippen LogP contribution is -2.49. The monoisotopic (exact) mass is 251 g/mol. The largest absolute Gasteiger partial charge is 0.339 e. The molecule has 1 saturated heterocycles. The molecule has 4 heteroatoms. The molecule has 2 unspecified atom stereocenters. The van der Waals surface area contributed by atoms with Crippen LogP contribution in [0.15, 0.2) is 0 Å². The summed E-state index contributed by atoms with van der Waals surface area (Å²) in [5.41, 5.74) is 5.45. The summed E-state index contributed by atoms with van der Waals surface area (Å²) in [6.45, 7) is 8.18. The van der Waals surface area contributed by atoms with E-state index in [-0.39, 0.29) is 11.9 Å². The maximum Gasteiger partial charge on any atom is 0.235 e. The summed E-state index contributed by atoms with van der Waals surface area (Å²) in [4.78, 5) is 14.1. The van der Waals surface area contributed by atoms with Gasteiger partial charge in [0, 0.05) is 19.1 Å². The summed E-state index contributed by atoms with van der Waals surface area (Å²) in [7, 11) is 0. The summed E-state index contributed by atoms with van der Waals surface area (Å²) in [5.74, 6) is 3.16. The second kappa shape index (κ2) is 6.21. The van der Waals surface area contributed by atoms with Crippen LogP contribution in [-0.4, -0.2) is 42.0 Å². The fourth-order valence-electron chi connectivity index (χ4n) is 2.40. The Labute approximate surface area is 110 Å². The van der Waals surface area contributed by atoms with Crippen molar-refractivity contribution in [1.82, 2.24) is 10.2 Å². The second-order valence-corrected chi connectivity index (χ2v) is 5.32. The summed E-state index contributed by atoms with van der Waals surface area (Å²) in [6.07, 6.45) is 7.03. The van der Waals surface area contributed by atoms with Crippen LogP contribution in [0.1, 0.15) is 33.6 Å². The van der Waals surface area contributed by atoms with Crippen LogP contribution in [0.4, 0.5) is 0 Å². The molecule has 1 rings (SSSR count). The highest BCUT2D eigenvalue weighted by atomic mass is 16.2. The number of nitrogens with one attached hydrogen (secondary N) is 1. The number of carbonyl (C=O) groups is 1. The van der Waals surface area contributed by atoms with Gasteiger partial charge in [0.2, 0.25) is 5.91 Å². The van der Waals surface area contributed by atoms with Gasteiger partial charge in [0.1, 0.15) is 5.54 Å². The normalized spacial score (nSPS) is 24.8. The molecule has 1 heterocycles. The van der Waals surface area contributed by atoms with Crippen LogP contribution in [0.5, 0.6) is 0 Å². The number of nitrogens with zero attached hydrogens (tertiary/aromatic N) is 1. The van der Waals surface area contributed by atoms with Gasteiger partial charge in [-0.3, -0.25) is 9.69 Å². The molecule has 18 heavy (non-hydrogen) atoms. The summed E-state index contributed by atoms with van der Waals surface area (Å²) < 4.78 is 0. The van der Waals surface area contributed by atoms with Crippen LogP contribution >= 0.6 is 0 Å². The van der Waals surface area contributed by atoms with Gasteiger partial charge in [-0.05, 0) is 18.8 Å². The van der Waals surface area contributed by atoms with E-state index >= 15 is 0 Å². The first-order chi connectivity index (χ1) is 8.46. The highest BCUT2D eigenvalue weighted by Gasteiger charge is 2.30. The molecule has 102 valence electrons. The van der Waals surface area contributed by atoms with Crippen molar-refractivity contribution in [2.24, 2.45) is 11.7 Å². The van der Waals surface area contributed by atoms with E-state index < -0.39 is 5.54 Å². The lowest BCUT2D eigenvalue weighted by Gasteiger charge is -2.28. The molecule has 1 fully saturated rings. The minimum atomic E-state index is -0.495. The first-order valence-corrected chi connectivity index (χ1v) is 6.73. The summed E-state index contributed by atoms with van der Waals surface area (Å²) >= 11 is 0. The number of hydrogen-bond donors (Lipinski definition) is 2. The highest BCUT2D eigenvalue weighted by molar-refractivity contribution is 5.79. The maximum atomic E-state index is 12.0. The van der Waals surface area contributed by atoms with E-state index in [1.807, 2.05) is 13.8 Å². The molecule has 1 aliphatic rings. The Hall–Kier alpha value is -1.05. The van der Waals surface area contributed by atoms with Crippen LogP contribution in [0.2, 0.25) is 0 Å². The minimum absolute atomic E-state index is 0.00190. The SMILES string of the molecule is C#CC(CC)(CC)NC(=O)CN1CC(C)C(N)C1. The van der Waals surface area contributed by atoms with Crippen LogP contribution in [-0.2, 0) is 4.79 Å². The number of carbonyl (C=O) groups excluding carboxylic acids is 1. The van der Waals surface area contributed by atoms with Gasteiger partial charge >= 0.3 is 0 Å². The lowest BCUT2D eigenvalue weighted by molar-refractivity contribution is -0.123. The molecular formula is C14H25N3O. The van der Waals surface area contributed by atoms with E-state index in [4.69, 9.17) is 12.2 Å². The standard InChI is InChI=1S/C14H25N3O/c1-5-14(6-2,7-3)16-13(18)10-17-8-11(4)12(15)9-17/h1,11-12H,6-10,15H2,2-4H3,(H,16,18). The summed E-state index contributed by atoms with van der Waals surface area (Å²) in [6, 6.07) is 0.174. The Bertz CT molecular complexity index is 320. The number of rotatable bonds is 5. The second-order valence-electron chi connectivity index (χ2n) is 5.32. The molecule has 2 atom stereocenters. The number of terminal acetylenes is 1. The topological polar surface area (TPSA) is 58.4 Å². The zero-order valence-electron chi connectivity index (χ0n) is 11.7. The van der Waals surface area contributed by atoms with Crippen molar-refractivity contribution in [3.8, 4) is 12.3 Å². The molecule has 0 radical (unpaired) electrons. The zero-order chi connectivity index (χ0) is 13.8. The van der Waals surface area contributed by atoms with Crippen LogP contribution in [0.25, 0.3) is 0 Å². The molecule has 0 bridgehead atoms. The van der Waals surface area contributed by atoms with E-state index in [1.54, 1.807) is 0 Å². The molecule has 0 aromatic rings. The van der Waals surface area contributed by atoms with Gasteiger partial charge in [-0.15, -0.1) is 6.42 Å². The molecule has 0 spiro atoms. The molecular weight excluding hydrogens is 226 g/mol. The Morgan fingerprint density at radius 1 is 1.50 bits per heavy atom. The molecule has 1 aliphatic heterocycles. The van der Waals surface area contributed by atoms with E-state index in [2.05, 4.69) is 23.1 Å². The highest BCUT2D eigenvalue weighted by Crippen LogP contribution is 2.16. The Balaban J connectivity index is 2.50. The van der Waals surface area contributed by atoms with Crippen molar-refractivity contribution in [2.75, 3.05) is 19.6 Å². The average Bonchev–Trinajstić information content (AvgIpc) is 2.65. The van der Waals surface area contributed by atoms with Crippen molar-refractivity contribution in [3.05, 3.63) is 0 Å². The van der Waals surface area contributed by atoms with E-state index in [0.29, 0.717) is 12.5 Å². The smallest absolute Gasteiger partial charge is 0.235 e. The molecule has 1 amide bonds. The van der Waals surface area contributed by atoms with E-state index in [1.165, 1.54) is 0 Å². The van der Waals surface area contributed by atoms with Crippen molar-refractivity contribution >= 4 is 5.91 Å². The molecule has 0 aromatic heterocycles. The minimum Gasteiger partial charge on any atom is -0.339 e. The molecule has 0 aromatic carbocycles. The molecule has 0 aliphatic carbocycles. The summed E-state index contributed by atoms with van der Waals surface area (Å²) in [5, 5.41) is 2.98. The van der Waals surface area contributed by atoms with Crippen molar-refractivity contribution in [2.45, 2.75) is 45.2 Å². The average molecular weight is 251 g/mol. The molecule has 3 N–H and O–H groups in total. The predicted octanol–water partition coefficient (Wildman–Crippen LogP) is 0.574. The third kappa shape index (κ3) is 3.47. The first kappa shape index (κ1) is 15.0. The maximum absolute atomic E-state index is 12.0. The van der Waals surface area contributed by atoms with Crippen LogP contribution in [0.3, 0.4) is 0 Å². The van der Waals surface area contributed by atoms with Gasteiger partial charge in [0.25, 0.3) is 0 Å². The van der Waals surface area contributed by atoms with Crippen LogP contribution < -0.4 is 11.1 Å². The van der Waals surface area contributed by atoms with Gasteiger partial charge in [0.05, 0.1) is 6.54 Å². The molecule has 0 saturated carbocycles. The number of hydrogen-bond acceptors (Lipinski definition) is 3. The van der Waals surface area contributed by atoms with Gasteiger partial charge in [-0.25, -0.2) is 0 Å². The predicted molar refractivity (Wildman–Crippen MR) is 73.9 cm³/mol. The zero-order valence-corrected chi connectivity index (χ0v) is 11.7. The van der Waals surface area contributed by atoms with Gasteiger partial charge in [0.15, 0.2) is 0 Å². The van der Waals surface area contributed by atoms with Crippen molar-refractivity contribution < 1.29 is 4.79 Å². The number of likely N-dealkylation sites (tertiary alicyclic amines) is 1. The molecule has 4 nitrogen and oxygen atoms in total. The first-order valence-electron chi connectivity index (χ1n) is 6.73. The lowest BCUT2D eigenvalue weighted by atomic mass is 9.94. The number of nitrogens with two attached hydrogens (primary N) is 1. The van der Waals surface area contributed by atoms with Gasteiger partial charge < -0.3 is 11.1 Å². The Morgan fingerprint density at radius 2 is 2.11 bits per heavy atom. The number of amides is 1. The van der Waals surface area contributed by atoms with E-state index in [0.717, 1.165) is 25.9 Å². The van der Waals surface area contributed by atoms with Crippen molar-refractivity contribution in [3.63, 3.8) is 0 Å². The van der Waals surface area contributed by atoms with Gasteiger partial charge in [-0.1, -0.05) is 26.7 Å². The fourth-order valence-corrected chi connectivity index (χ4v) is 2.40. The quantitative estimate of drug-likeness (QED) is 0.703. The van der Waals surface area contributed by atoms with Crippen molar-refractivity contribution in [1.29, 1.82) is 0 Å². The van der Waals surface area contributed by atoms with E-state index in [9.17, 15) is 4.79 Å². The van der Waals surface area contributed by atoms with Crippen LogP contribution in [0, 0.1) is 18.3 Å². The third-order valence-corrected chi connectivity index (χ3v) is 3.98. The third-order valence-electron chi connectivity index (χ3n) is 3.98. The Kier molecular flexibility index (Phi) is 5.18. The van der Waals surface area contributed by atoms with Gasteiger partial charge in [-0.2, -0.15) is 0 Å². The Morgan fingerprint density at radius 3 is 2.50 bits per heavy atom.